The van der Waals surface area contributed by atoms with Crippen LogP contribution < -0.4 is 5.32 Å². The van der Waals surface area contributed by atoms with Gasteiger partial charge in [0.05, 0.1) is 0 Å². The molecular formula is C7H10N2OS. The molecule has 1 aromatic heterocycles. The molecule has 0 radical (unpaired) electrons. The van der Waals surface area contributed by atoms with E-state index < -0.39 is 0 Å². The van der Waals surface area contributed by atoms with Gasteiger partial charge in [-0.05, 0) is 7.05 Å². The van der Waals surface area contributed by atoms with Crippen molar-refractivity contribution < 1.29 is 4.79 Å². The molecule has 0 atom stereocenters. The normalized spacial score (nSPS) is 10.0. The number of thiazole rings is 1. The lowest BCUT2D eigenvalue weighted by molar-refractivity contribution is 0.101. The second-order valence-corrected chi connectivity index (χ2v) is 3.16. The fourth-order valence-corrected chi connectivity index (χ4v) is 1.55. The maximum Gasteiger partial charge on any atom is 0.178 e. The van der Waals surface area contributed by atoms with Crippen molar-refractivity contribution in [2.75, 3.05) is 7.05 Å². The first-order valence-corrected chi connectivity index (χ1v) is 4.22. The number of hydrogen-bond acceptors (Lipinski definition) is 4. The molecular weight excluding hydrogens is 160 g/mol. The van der Waals surface area contributed by atoms with Crippen LogP contribution in [0.3, 0.4) is 0 Å². The summed E-state index contributed by atoms with van der Waals surface area (Å²) in [5.41, 5.74) is 0.570. The van der Waals surface area contributed by atoms with Gasteiger partial charge in [0.15, 0.2) is 5.78 Å². The van der Waals surface area contributed by atoms with E-state index in [0.717, 1.165) is 11.6 Å². The lowest BCUT2D eigenvalue weighted by atomic mass is 10.4. The average molecular weight is 170 g/mol. The molecule has 0 aliphatic carbocycles. The number of nitrogens with zero attached hydrogens (tertiary/aromatic N) is 1. The number of carbonyl (C=O) groups is 1. The van der Waals surface area contributed by atoms with Crippen molar-refractivity contribution in [3.8, 4) is 0 Å². The second-order valence-electron chi connectivity index (χ2n) is 2.21. The van der Waals surface area contributed by atoms with Crippen molar-refractivity contribution in [3.05, 3.63) is 16.1 Å². The third-order valence-corrected chi connectivity index (χ3v) is 2.09. The molecule has 0 fully saturated rings. The SMILES string of the molecule is CNCc1nc(C(C)=O)cs1. The first-order chi connectivity index (χ1) is 5.24. The van der Waals surface area contributed by atoms with E-state index in [4.69, 9.17) is 0 Å². The Kier molecular flexibility index (Phi) is 2.73. The summed E-state index contributed by atoms with van der Waals surface area (Å²) >= 11 is 1.51. The highest BCUT2D eigenvalue weighted by atomic mass is 32.1. The van der Waals surface area contributed by atoms with E-state index in [2.05, 4.69) is 10.3 Å². The molecule has 0 saturated carbocycles. The van der Waals surface area contributed by atoms with Gasteiger partial charge < -0.3 is 5.32 Å². The fourth-order valence-electron chi connectivity index (χ4n) is 0.705. The highest BCUT2D eigenvalue weighted by Crippen LogP contribution is 2.09. The molecule has 1 rings (SSSR count). The lowest BCUT2D eigenvalue weighted by Gasteiger charge is -1.89. The van der Waals surface area contributed by atoms with Crippen LogP contribution in [0.5, 0.6) is 0 Å². The number of ketones is 1. The van der Waals surface area contributed by atoms with E-state index >= 15 is 0 Å². The third kappa shape index (κ3) is 2.10. The van der Waals surface area contributed by atoms with Crippen molar-refractivity contribution in [1.29, 1.82) is 0 Å². The number of aromatic nitrogens is 1. The molecule has 0 amide bonds. The van der Waals surface area contributed by atoms with Crippen LogP contribution in [0.15, 0.2) is 5.38 Å². The van der Waals surface area contributed by atoms with Crippen molar-refractivity contribution in [2.45, 2.75) is 13.5 Å². The molecule has 1 heterocycles. The summed E-state index contributed by atoms with van der Waals surface area (Å²) < 4.78 is 0. The summed E-state index contributed by atoms with van der Waals surface area (Å²) in [5.74, 6) is 0.0311. The van der Waals surface area contributed by atoms with Gasteiger partial charge in [-0.3, -0.25) is 4.79 Å². The molecule has 1 N–H and O–H groups in total. The molecule has 0 unspecified atom stereocenters. The summed E-state index contributed by atoms with van der Waals surface area (Å²) in [7, 11) is 1.86. The average Bonchev–Trinajstić information content (AvgIpc) is 2.37. The molecule has 0 saturated heterocycles. The van der Waals surface area contributed by atoms with Crippen LogP contribution in [0.25, 0.3) is 0 Å². The smallest absolute Gasteiger partial charge is 0.178 e. The largest absolute Gasteiger partial charge is 0.314 e. The first kappa shape index (κ1) is 8.36. The molecule has 0 aliphatic rings. The second kappa shape index (κ2) is 3.59. The lowest BCUT2D eigenvalue weighted by Crippen LogP contribution is -2.05. The predicted octanol–water partition coefficient (Wildman–Crippen LogP) is 1.07. The molecule has 0 aromatic carbocycles. The zero-order valence-electron chi connectivity index (χ0n) is 6.55. The van der Waals surface area contributed by atoms with Gasteiger partial charge in [-0.1, -0.05) is 0 Å². The predicted molar refractivity (Wildman–Crippen MR) is 44.9 cm³/mol. The van der Waals surface area contributed by atoms with Gasteiger partial charge in [0.2, 0.25) is 0 Å². The Bertz CT molecular complexity index is 257. The summed E-state index contributed by atoms with van der Waals surface area (Å²) in [4.78, 5) is 14.9. The van der Waals surface area contributed by atoms with Gasteiger partial charge in [0, 0.05) is 18.8 Å². The van der Waals surface area contributed by atoms with Crippen LogP contribution in [-0.2, 0) is 6.54 Å². The van der Waals surface area contributed by atoms with E-state index in [0.29, 0.717) is 5.69 Å². The number of Topliss-reactive ketones (excluding diaryl/α,β-unsaturated/α-hetero) is 1. The van der Waals surface area contributed by atoms with Gasteiger partial charge in [-0.2, -0.15) is 0 Å². The van der Waals surface area contributed by atoms with Crippen LogP contribution in [-0.4, -0.2) is 17.8 Å². The van der Waals surface area contributed by atoms with Crippen LogP contribution in [0.4, 0.5) is 0 Å². The Morgan fingerprint density at radius 2 is 2.55 bits per heavy atom. The van der Waals surface area contributed by atoms with Gasteiger partial charge in [-0.25, -0.2) is 4.98 Å². The summed E-state index contributed by atoms with van der Waals surface area (Å²) in [6.45, 7) is 2.26. The minimum atomic E-state index is 0.0311. The van der Waals surface area contributed by atoms with Crippen LogP contribution in [0, 0.1) is 0 Å². The topological polar surface area (TPSA) is 42.0 Å². The van der Waals surface area contributed by atoms with E-state index in [1.807, 2.05) is 7.05 Å². The highest BCUT2D eigenvalue weighted by Gasteiger charge is 2.03. The number of carbonyl (C=O) groups excluding carboxylic acids is 1. The van der Waals surface area contributed by atoms with Crippen LogP contribution in [0.2, 0.25) is 0 Å². The molecule has 11 heavy (non-hydrogen) atoms. The molecule has 1 aromatic rings. The van der Waals surface area contributed by atoms with E-state index in [9.17, 15) is 4.79 Å². The molecule has 0 spiro atoms. The van der Waals surface area contributed by atoms with Crippen molar-refractivity contribution in [1.82, 2.24) is 10.3 Å². The summed E-state index contributed by atoms with van der Waals surface area (Å²) in [5, 5.41) is 5.72. The summed E-state index contributed by atoms with van der Waals surface area (Å²) in [6.07, 6.45) is 0. The quantitative estimate of drug-likeness (QED) is 0.690. The van der Waals surface area contributed by atoms with Gasteiger partial charge in [0.1, 0.15) is 10.7 Å². The Morgan fingerprint density at radius 3 is 3.00 bits per heavy atom. The Labute approximate surface area is 69.5 Å². The number of hydrogen-bond donors (Lipinski definition) is 1. The maximum absolute atomic E-state index is 10.8. The third-order valence-electron chi connectivity index (χ3n) is 1.24. The van der Waals surface area contributed by atoms with Crippen LogP contribution in [0.1, 0.15) is 22.4 Å². The van der Waals surface area contributed by atoms with Crippen molar-refractivity contribution in [2.24, 2.45) is 0 Å². The highest BCUT2D eigenvalue weighted by molar-refractivity contribution is 7.09. The monoisotopic (exact) mass is 170 g/mol. The molecule has 0 aliphatic heterocycles. The van der Waals surface area contributed by atoms with Gasteiger partial charge >= 0.3 is 0 Å². The van der Waals surface area contributed by atoms with E-state index in [1.165, 1.54) is 18.3 Å². The minimum absolute atomic E-state index is 0.0311. The Hall–Kier alpha value is -0.740. The maximum atomic E-state index is 10.8. The van der Waals surface area contributed by atoms with E-state index in [-0.39, 0.29) is 5.78 Å². The van der Waals surface area contributed by atoms with Crippen LogP contribution >= 0.6 is 11.3 Å². The fraction of sp³-hybridized carbons (Fsp3) is 0.429. The van der Waals surface area contributed by atoms with Crippen molar-refractivity contribution >= 4 is 17.1 Å². The zero-order chi connectivity index (χ0) is 8.27. The summed E-state index contributed by atoms with van der Waals surface area (Å²) in [6, 6.07) is 0. The first-order valence-electron chi connectivity index (χ1n) is 3.34. The van der Waals surface area contributed by atoms with Gasteiger partial charge in [0.25, 0.3) is 0 Å². The van der Waals surface area contributed by atoms with Gasteiger partial charge in [-0.15, -0.1) is 11.3 Å². The van der Waals surface area contributed by atoms with E-state index in [1.54, 1.807) is 5.38 Å². The Morgan fingerprint density at radius 1 is 1.82 bits per heavy atom. The number of nitrogens with one attached hydrogen (secondary N) is 1. The minimum Gasteiger partial charge on any atom is -0.314 e. The Balaban J connectivity index is 2.73. The molecule has 4 heteroatoms. The van der Waals surface area contributed by atoms with Crippen molar-refractivity contribution in [3.63, 3.8) is 0 Å². The number of rotatable bonds is 3. The zero-order valence-corrected chi connectivity index (χ0v) is 7.36. The molecule has 0 bridgehead atoms. The molecule has 3 nitrogen and oxygen atoms in total. The molecule has 60 valence electrons. The standard InChI is InChI=1S/C7H10N2OS/c1-5(10)6-4-11-7(9-6)3-8-2/h4,8H,3H2,1-2H3.